The van der Waals surface area contributed by atoms with Gasteiger partial charge in [0, 0.05) is 18.2 Å². The van der Waals surface area contributed by atoms with Crippen LogP contribution in [0.15, 0.2) is 66.7 Å². The Hall–Kier alpha value is -3.62. The zero-order valence-electron chi connectivity index (χ0n) is 17.8. The monoisotopic (exact) mass is 461 g/mol. The Morgan fingerprint density at radius 3 is 2.27 bits per heavy atom. The molecular formula is C24H20F5N3O. The van der Waals surface area contributed by atoms with E-state index in [1.54, 1.807) is 41.0 Å². The molecule has 0 aliphatic rings. The molecule has 0 fully saturated rings. The Morgan fingerprint density at radius 1 is 0.939 bits per heavy atom. The zero-order chi connectivity index (χ0) is 23.8. The average Bonchev–Trinajstić information content (AvgIpc) is 3.09. The fourth-order valence-electron chi connectivity index (χ4n) is 3.62. The Morgan fingerprint density at radius 2 is 1.64 bits per heavy atom. The van der Waals surface area contributed by atoms with Crippen molar-refractivity contribution in [2.24, 2.45) is 0 Å². The molecule has 3 aromatic carbocycles. The summed E-state index contributed by atoms with van der Waals surface area (Å²) in [5, 5.41) is 3.08. The van der Waals surface area contributed by atoms with E-state index in [0.29, 0.717) is 22.5 Å². The molecule has 0 radical (unpaired) electrons. The first-order valence-corrected chi connectivity index (χ1v) is 10.0. The van der Waals surface area contributed by atoms with Crippen LogP contribution in [0.5, 0.6) is 5.75 Å². The smallest absolute Gasteiger partial charge is 0.416 e. The van der Waals surface area contributed by atoms with E-state index in [9.17, 15) is 22.0 Å². The number of benzene rings is 3. The summed E-state index contributed by atoms with van der Waals surface area (Å²) in [6, 6.07) is 16.1. The van der Waals surface area contributed by atoms with Gasteiger partial charge in [-0.1, -0.05) is 24.3 Å². The van der Waals surface area contributed by atoms with Crippen molar-refractivity contribution in [1.29, 1.82) is 0 Å². The largest absolute Gasteiger partial charge is 0.497 e. The lowest BCUT2D eigenvalue weighted by Gasteiger charge is -2.18. The lowest BCUT2D eigenvalue weighted by Crippen LogP contribution is -2.14. The van der Waals surface area contributed by atoms with E-state index in [1.165, 1.54) is 25.3 Å². The second-order valence-corrected chi connectivity index (χ2v) is 7.62. The predicted molar refractivity (Wildman–Crippen MR) is 116 cm³/mol. The maximum Gasteiger partial charge on any atom is 0.416 e. The van der Waals surface area contributed by atoms with Crippen LogP contribution in [0.3, 0.4) is 0 Å². The number of methoxy groups -OCH3 is 1. The van der Waals surface area contributed by atoms with Crippen molar-refractivity contribution >= 4 is 22.7 Å². The third kappa shape index (κ3) is 4.76. The standard InChI is InChI=1S/C24H20F5N3O/c1-23(25,26)19-6-4-3-5-15(19)14-32-21-12-7-16(24(27,28)29)13-20(21)31-22(32)30-17-8-10-18(33-2)11-9-17/h3-13H,14H2,1-2H3,(H,30,31). The van der Waals surface area contributed by atoms with Crippen LogP contribution in [0.1, 0.15) is 23.6 Å². The van der Waals surface area contributed by atoms with E-state index in [4.69, 9.17) is 4.74 Å². The second kappa shape index (κ2) is 8.38. The summed E-state index contributed by atoms with van der Waals surface area (Å²) < 4.78 is 74.8. The molecule has 0 amide bonds. The fourth-order valence-corrected chi connectivity index (χ4v) is 3.62. The van der Waals surface area contributed by atoms with Crippen molar-refractivity contribution in [1.82, 2.24) is 9.55 Å². The summed E-state index contributed by atoms with van der Waals surface area (Å²) >= 11 is 0. The van der Waals surface area contributed by atoms with Crippen LogP contribution >= 0.6 is 0 Å². The van der Waals surface area contributed by atoms with Gasteiger partial charge in [-0.05, 0) is 48.0 Å². The third-order valence-corrected chi connectivity index (χ3v) is 5.24. The Balaban J connectivity index is 1.83. The molecule has 1 aromatic heterocycles. The molecule has 4 nitrogen and oxygen atoms in total. The molecule has 0 bridgehead atoms. The molecule has 9 heteroatoms. The summed E-state index contributed by atoms with van der Waals surface area (Å²) in [4.78, 5) is 4.35. The third-order valence-electron chi connectivity index (χ3n) is 5.24. The van der Waals surface area contributed by atoms with Crippen molar-refractivity contribution in [2.45, 2.75) is 25.6 Å². The number of nitrogens with zero attached hydrogens (tertiary/aromatic N) is 2. The van der Waals surface area contributed by atoms with Crippen LogP contribution in [-0.2, 0) is 18.6 Å². The lowest BCUT2D eigenvalue weighted by atomic mass is 10.0. The normalized spacial score (nSPS) is 12.2. The highest BCUT2D eigenvalue weighted by Crippen LogP contribution is 2.35. The van der Waals surface area contributed by atoms with Crippen LogP contribution in [0.2, 0.25) is 0 Å². The fraction of sp³-hybridized carbons (Fsp3) is 0.208. The molecule has 0 saturated heterocycles. The van der Waals surface area contributed by atoms with Crippen molar-refractivity contribution in [2.75, 3.05) is 12.4 Å². The van der Waals surface area contributed by atoms with Gasteiger partial charge in [0.25, 0.3) is 5.92 Å². The van der Waals surface area contributed by atoms with E-state index < -0.39 is 17.7 Å². The molecular weight excluding hydrogens is 441 g/mol. The number of rotatable bonds is 6. The molecule has 0 aliphatic carbocycles. The first-order chi connectivity index (χ1) is 15.6. The summed E-state index contributed by atoms with van der Waals surface area (Å²) in [5.74, 6) is -2.23. The van der Waals surface area contributed by atoms with Crippen molar-refractivity contribution in [3.63, 3.8) is 0 Å². The number of fused-ring (bicyclic) bond motifs is 1. The molecule has 0 aliphatic heterocycles. The highest BCUT2D eigenvalue weighted by Gasteiger charge is 2.31. The molecule has 1 heterocycles. The minimum Gasteiger partial charge on any atom is -0.497 e. The Kier molecular flexibility index (Phi) is 5.73. The van der Waals surface area contributed by atoms with Crippen LogP contribution < -0.4 is 10.1 Å². The number of hydrogen-bond acceptors (Lipinski definition) is 3. The lowest BCUT2D eigenvalue weighted by molar-refractivity contribution is -0.137. The highest BCUT2D eigenvalue weighted by atomic mass is 19.4. The second-order valence-electron chi connectivity index (χ2n) is 7.62. The van der Waals surface area contributed by atoms with Gasteiger partial charge in [0.15, 0.2) is 0 Å². The molecule has 172 valence electrons. The molecule has 4 aromatic rings. The topological polar surface area (TPSA) is 39.1 Å². The highest BCUT2D eigenvalue weighted by molar-refractivity contribution is 5.81. The van der Waals surface area contributed by atoms with Gasteiger partial charge in [-0.3, -0.25) is 0 Å². The van der Waals surface area contributed by atoms with Crippen molar-refractivity contribution in [3.8, 4) is 5.75 Å². The van der Waals surface area contributed by atoms with E-state index >= 15 is 0 Å². The number of anilines is 2. The maximum absolute atomic E-state index is 14.2. The molecule has 33 heavy (non-hydrogen) atoms. The minimum absolute atomic E-state index is 0.0139. The zero-order valence-corrected chi connectivity index (χ0v) is 17.8. The SMILES string of the molecule is COc1ccc(Nc2nc3cc(C(F)(F)F)ccc3n2Cc2ccccc2C(C)(F)F)cc1. The Bertz CT molecular complexity index is 1270. The summed E-state index contributed by atoms with van der Waals surface area (Å²) in [7, 11) is 1.53. The number of hydrogen-bond donors (Lipinski definition) is 1. The van der Waals surface area contributed by atoms with Gasteiger partial charge in [0.2, 0.25) is 5.95 Å². The van der Waals surface area contributed by atoms with Crippen LogP contribution in [-0.4, -0.2) is 16.7 Å². The van der Waals surface area contributed by atoms with E-state index in [1.807, 2.05) is 0 Å². The molecule has 0 unspecified atom stereocenters. The van der Waals surface area contributed by atoms with Gasteiger partial charge in [-0.15, -0.1) is 0 Å². The quantitative estimate of drug-likeness (QED) is 0.315. The summed E-state index contributed by atoms with van der Waals surface area (Å²) in [6.45, 7) is 0.796. The molecule has 0 atom stereocenters. The first-order valence-electron chi connectivity index (χ1n) is 10.0. The van der Waals surface area contributed by atoms with E-state index in [-0.39, 0.29) is 23.6 Å². The maximum atomic E-state index is 14.2. The minimum atomic E-state index is -4.53. The molecule has 0 saturated carbocycles. The number of ether oxygens (including phenoxy) is 1. The number of imidazole rings is 1. The number of aromatic nitrogens is 2. The molecule has 0 spiro atoms. The molecule has 1 N–H and O–H groups in total. The van der Waals surface area contributed by atoms with Crippen LogP contribution in [0.25, 0.3) is 11.0 Å². The van der Waals surface area contributed by atoms with Crippen molar-refractivity contribution < 1.29 is 26.7 Å². The van der Waals surface area contributed by atoms with Crippen LogP contribution in [0.4, 0.5) is 33.6 Å². The Labute approximate surface area is 186 Å². The van der Waals surface area contributed by atoms with Gasteiger partial charge in [0.1, 0.15) is 5.75 Å². The number of nitrogens with one attached hydrogen (secondary N) is 1. The summed E-state index contributed by atoms with van der Waals surface area (Å²) in [5.41, 5.74) is 0.430. The number of alkyl halides is 5. The van der Waals surface area contributed by atoms with Gasteiger partial charge >= 0.3 is 6.18 Å². The first kappa shape index (κ1) is 22.6. The van der Waals surface area contributed by atoms with Crippen LogP contribution in [0, 0.1) is 0 Å². The average molecular weight is 461 g/mol. The van der Waals surface area contributed by atoms with Gasteiger partial charge < -0.3 is 14.6 Å². The van der Waals surface area contributed by atoms with Gasteiger partial charge in [-0.25, -0.2) is 13.8 Å². The number of halogens is 5. The predicted octanol–water partition coefficient (Wildman–Crippen LogP) is 6.97. The summed E-state index contributed by atoms with van der Waals surface area (Å²) in [6.07, 6.45) is -4.53. The van der Waals surface area contributed by atoms with Gasteiger partial charge in [0.05, 0.1) is 30.3 Å². The van der Waals surface area contributed by atoms with E-state index in [2.05, 4.69) is 10.3 Å². The van der Waals surface area contributed by atoms with Gasteiger partial charge in [-0.2, -0.15) is 13.2 Å². The molecule has 4 rings (SSSR count). The van der Waals surface area contributed by atoms with E-state index in [0.717, 1.165) is 19.1 Å². The van der Waals surface area contributed by atoms with Crippen molar-refractivity contribution in [3.05, 3.63) is 83.4 Å².